The smallest absolute Gasteiger partial charge is 0.267 e. The van der Waals surface area contributed by atoms with Gasteiger partial charge >= 0.3 is 0 Å². The summed E-state index contributed by atoms with van der Waals surface area (Å²) in [5, 5.41) is 2.74. The molecular formula is C20H22FN3O4. The number of methoxy groups -OCH3 is 1. The molecule has 8 heteroatoms. The van der Waals surface area contributed by atoms with Crippen LogP contribution in [0.5, 0.6) is 5.75 Å². The molecule has 148 valence electrons. The summed E-state index contributed by atoms with van der Waals surface area (Å²) < 4.78 is 24.9. The minimum Gasteiger partial charge on any atom is -0.496 e. The number of carbonyl (C=O) groups excluding carboxylic acids is 2. The highest BCUT2D eigenvalue weighted by atomic mass is 19.1. The first-order chi connectivity index (χ1) is 13.2. The molecule has 0 spiro atoms. The lowest BCUT2D eigenvalue weighted by molar-refractivity contribution is -0.130. The summed E-state index contributed by atoms with van der Waals surface area (Å²) in [6.45, 7) is 3.78. The Balaban J connectivity index is 1.89. The van der Waals surface area contributed by atoms with Gasteiger partial charge in [0.05, 0.1) is 12.7 Å². The Labute approximate surface area is 162 Å². The molecule has 7 nitrogen and oxygen atoms in total. The maximum atomic E-state index is 13.6. The number of amides is 2. The zero-order valence-electron chi connectivity index (χ0n) is 15.9. The predicted molar refractivity (Wildman–Crippen MR) is 101 cm³/mol. The Morgan fingerprint density at radius 1 is 1.32 bits per heavy atom. The molecule has 1 aliphatic rings. The quantitative estimate of drug-likeness (QED) is 0.821. The third-order valence-electron chi connectivity index (χ3n) is 4.66. The third kappa shape index (κ3) is 4.12. The van der Waals surface area contributed by atoms with E-state index in [1.807, 2.05) is 13.8 Å². The number of halogens is 1. The summed E-state index contributed by atoms with van der Waals surface area (Å²) in [5.41, 5.74) is 5.80. The largest absolute Gasteiger partial charge is 0.496 e. The second kappa shape index (κ2) is 7.55. The van der Waals surface area contributed by atoms with E-state index in [0.29, 0.717) is 23.4 Å². The summed E-state index contributed by atoms with van der Waals surface area (Å²) >= 11 is 0. The molecule has 1 saturated heterocycles. The van der Waals surface area contributed by atoms with Crippen molar-refractivity contribution in [3.05, 3.63) is 53.6 Å². The van der Waals surface area contributed by atoms with Crippen LogP contribution in [-0.2, 0) is 9.53 Å². The van der Waals surface area contributed by atoms with Crippen LogP contribution in [0, 0.1) is 5.82 Å². The van der Waals surface area contributed by atoms with Crippen LogP contribution in [0.4, 0.5) is 10.1 Å². The summed E-state index contributed by atoms with van der Waals surface area (Å²) in [5.74, 6) is -1.46. The van der Waals surface area contributed by atoms with E-state index in [9.17, 15) is 14.0 Å². The minimum atomic E-state index is -0.820. The number of ether oxygens (including phenoxy) is 2. The molecule has 1 aliphatic heterocycles. The summed E-state index contributed by atoms with van der Waals surface area (Å²) in [4.78, 5) is 28.1. The number of benzene rings is 1. The number of hydrogen-bond donors (Lipinski definition) is 2. The van der Waals surface area contributed by atoms with Crippen molar-refractivity contribution >= 4 is 17.5 Å². The first-order valence-corrected chi connectivity index (χ1v) is 8.78. The van der Waals surface area contributed by atoms with Crippen molar-refractivity contribution in [2.45, 2.75) is 37.9 Å². The van der Waals surface area contributed by atoms with Crippen molar-refractivity contribution in [1.82, 2.24) is 4.98 Å². The molecule has 28 heavy (non-hydrogen) atoms. The fourth-order valence-electron chi connectivity index (χ4n) is 3.47. The number of nitrogens with two attached hydrogens (primary N) is 1. The van der Waals surface area contributed by atoms with Crippen molar-refractivity contribution in [3.8, 4) is 5.75 Å². The Morgan fingerprint density at radius 3 is 2.75 bits per heavy atom. The highest BCUT2D eigenvalue weighted by Crippen LogP contribution is 2.44. The number of aromatic nitrogens is 1. The number of anilines is 1. The lowest BCUT2D eigenvalue weighted by Gasteiger charge is -2.21. The van der Waals surface area contributed by atoms with Gasteiger partial charge in [0.1, 0.15) is 23.4 Å². The molecule has 3 rings (SSSR count). The van der Waals surface area contributed by atoms with Crippen LogP contribution in [0.15, 0.2) is 36.5 Å². The number of rotatable bonds is 5. The van der Waals surface area contributed by atoms with E-state index in [4.69, 9.17) is 15.2 Å². The van der Waals surface area contributed by atoms with Crippen LogP contribution in [0.1, 0.15) is 42.2 Å². The molecule has 0 aliphatic carbocycles. The molecule has 0 unspecified atom stereocenters. The van der Waals surface area contributed by atoms with Crippen LogP contribution in [0.3, 0.4) is 0 Å². The van der Waals surface area contributed by atoms with Gasteiger partial charge in [0.15, 0.2) is 0 Å². The number of nitrogens with one attached hydrogen (secondary N) is 1. The molecule has 1 aromatic carbocycles. The number of primary amides is 1. The molecule has 0 radical (unpaired) electrons. The van der Waals surface area contributed by atoms with Crippen molar-refractivity contribution in [1.29, 1.82) is 0 Å². The van der Waals surface area contributed by atoms with Gasteiger partial charge in [-0.25, -0.2) is 4.39 Å². The molecule has 0 bridgehead atoms. The monoisotopic (exact) mass is 387 g/mol. The third-order valence-corrected chi connectivity index (χ3v) is 4.66. The Bertz CT molecular complexity index is 916. The summed E-state index contributed by atoms with van der Waals surface area (Å²) in [6, 6.07) is 7.19. The van der Waals surface area contributed by atoms with Gasteiger partial charge in [-0.05, 0) is 38.5 Å². The summed E-state index contributed by atoms with van der Waals surface area (Å²) in [6.07, 6.45) is 1.12. The fourth-order valence-corrected chi connectivity index (χ4v) is 3.47. The van der Waals surface area contributed by atoms with Gasteiger partial charge in [0, 0.05) is 29.4 Å². The highest BCUT2D eigenvalue weighted by molar-refractivity contribution is 5.97. The molecule has 3 N–H and O–H groups in total. The number of pyridine rings is 1. The average molecular weight is 387 g/mol. The molecule has 2 amide bonds. The Kier molecular flexibility index (Phi) is 5.33. The van der Waals surface area contributed by atoms with Crippen LogP contribution in [0.2, 0.25) is 0 Å². The molecular weight excluding hydrogens is 365 g/mol. The zero-order chi connectivity index (χ0) is 20.5. The van der Waals surface area contributed by atoms with Gasteiger partial charge in [-0.1, -0.05) is 6.07 Å². The molecule has 1 aromatic heterocycles. The zero-order valence-corrected chi connectivity index (χ0v) is 15.9. The Hall–Kier alpha value is -3.00. The van der Waals surface area contributed by atoms with Crippen molar-refractivity contribution in [2.75, 3.05) is 12.4 Å². The lowest BCUT2D eigenvalue weighted by atomic mass is 9.87. The number of nitrogens with zero attached hydrogens (tertiary/aromatic N) is 1. The highest BCUT2D eigenvalue weighted by Gasteiger charge is 2.45. The molecule has 2 aromatic rings. The topological polar surface area (TPSA) is 104 Å². The van der Waals surface area contributed by atoms with Crippen molar-refractivity contribution in [2.24, 2.45) is 5.73 Å². The van der Waals surface area contributed by atoms with Crippen LogP contribution in [-0.4, -0.2) is 35.6 Å². The van der Waals surface area contributed by atoms with Crippen molar-refractivity contribution in [3.63, 3.8) is 0 Å². The fraction of sp³-hybridized carbons (Fsp3) is 0.350. The molecule has 1 fully saturated rings. The average Bonchev–Trinajstić information content (AvgIpc) is 2.97. The van der Waals surface area contributed by atoms with Crippen molar-refractivity contribution < 1.29 is 23.5 Å². The lowest BCUT2D eigenvalue weighted by Crippen LogP contribution is -2.33. The SMILES string of the molecule is COc1cc(F)ccc1[C@H]1CC(C)(C)O[C@@H]1C(=O)Nc1ccnc(C(N)=O)c1. The van der Waals surface area contributed by atoms with Crippen LogP contribution >= 0.6 is 0 Å². The van der Waals surface area contributed by atoms with Crippen LogP contribution in [0.25, 0.3) is 0 Å². The van der Waals surface area contributed by atoms with E-state index in [1.165, 1.54) is 31.5 Å². The van der Waals surface area contributed by atoms with E-state index in [2.05, 4.69) is 10.3 Å². The van der Waals surface area contributed by atoms with E-state index in [0.717, 1.165) is 0 Å². The second-order valence-electron chi connectivity index (χ2n) is 7.28. The van der Waals surface area contributed by atoms with E-state index < -0.39 is 23.4 Å². The van der Waals surface area contributed by atoms with Crippen LogP contribution < -0.4 is 15.8 Å². The number of carbonyl (C=O) groups is 2. The minimum absolute atomic E-state index is 0.0437. The normalized spacial score (nSPS) is 20.6. The summed E-state index contributed by atoms with van der Waals surface area (Å²) in [7, 11) is 1.45. The standard InChI is InChI=1S/C20H22FN3O4/c1-20(2)10-14(13-5-4-11(21)8-16(13)27-3)17(28-20)19(26)24-12-6-7-23-15(9-12)18(22)25/h4-9,14,17H,10H2,1-3H3,(H2,22,25)(H,23,24,26)/t14-,17+/m1/s1. The first kappa shape index (κ1) is 19.8. The molecule has 2 heterocycles. The Morgan fingerprint density at radius 2 is 2.07 bits per heavy atom. The van der Waals surface area contributed by atoms with E-state index in [1.54, 1.807) is 12.1 Å². The predicted octanol–water partition coefficient (Wildman–Crippen LogP) is 2.62. The van der Waals surface area contributed by atoms with Gasteiger partial charge in [0.2, 0.25) is 0 Å². The van der Waals surface area contributed by atoms with Gasteiger partial charge in [-0.3, -0.25) is 14.6 Å². The first-order valence-electron chi connectivity index (χ1n) is 8.78. The molecule has 2 atom stereocenters. The van der Waals surface area contributed by atoms with E-state index >= 15 is 0 Å². The van der Waals surface area contributed by atoms with Gasteiger partial charge < -0.3 is 20.5 Å². The maximum Gasteiger partial charge on any atom is 0.267 e. The molecule has 0 saturated carbocycles. The van der Waals surface area contributed by atoms with E-state index in [-0.39, 0.29) is 17.5 Å². The number of hydrogen-bond acceptors (Lipinski definition) is 5. The maximum absolute atomic E-state index is 13.6. The van der Waals surface area contributed by atoms with Gasteiger partial charge in [-0.15, -0.1) is 0 Å². The van der Waals surface area contributed by atoms with Gasteiger partial charge in [-0.2, -0.15) is 0 Å². The second-order valence-corrected chi connectivity index (χ2v) is 7.28. The van der Waals surface area contributed by atoms with Gasteiger partial charge in [0.25, 0.3) is 11.8 Å².